The van der Waals surface area contributed by atoms with E-state index in [0.29, 0.717) is 31.3 Å². The molecule has 0 N–H and O–H groups in total. The van der Waals surface area contributed by atoms with Crippen LogP contribution in [-0.4, -0.2) is 25.8 Å². The molecule has 0 radical (unpaired) electrons. The van der Waals surface area contributed by atoms with Crippen molar-refractivity contribution in [3.05, 3.63) is 36.4 Å². The van der Waals surface area contributed by atoms with E-state index in [1.807, 2.05) is 31.2 Å². The van der Waals surface area contributed by atoms with Crippen molar-refractivity contribution in [2.45, 2.75) is 13.8 Å². The number of hydrogen-bond acceptors (Lipinski definition) is 4. The summed E-state index contributed by atoms with van der Waals surface area (Å²) in [7, 11) is 0. The van der Waals surface area contributed by atoms with Crippen molar-refractivity contribution in [2.24, 2.45) is 0 Å². The predicted molar refractivity (Wildman–Crippen MR) is 68.9 cm³/mol. The number of esters is 1. The monoisotopic (exact) mass is 250 g/mol. The third-order valence-electron chi connectivity index (χ3n) is 2.02. The molecule has 4 heteroatoms. The highest BCUT2D eigenvalue weighted by Gasteiger charge is 2.01. The van der Waals surface area contributed by atoms with Gasteiger partial charge in [0.2, 0.25) is 0 Å². The van der Waals surface area contributed by atoms with E-state index in [9.17, 15) is 4.79 Å². The molecule has 0 heterocycles. The van der Waals surface area contributed by atoms with Crippen molar-refractivity contribution in [1.29, 1.82) is 0 Å². The summed E-state index contributed by atoms with van der Waals surface area (Å²) in [6.07, 6.45) is 2.97. The van der Waals surface area contributed by atoms with Crippen molar-refractivity contribution < 1.29 is 19.0 Å². The minimum Gasteiger partial charge on any atom is -0.490 e. The lowest BCUT2D eigenvalue weighted by Gasteiger charge is -2.09. The summed E-state index contributed by atoms with van der Waals surface area (Å²) in [5.41, 5.74) is 0. The molecule has 0 saturated carbocycles. The van der Waals surface area contributed by atoms with Gasteiger partial charge in [0.1, 0.15) is 6.61 Å². The molecule has 0 unspecified atom stereocenters. The highest BCUT2D eigenvalue weighted by Crippen LogP contribution is 2.26. The van der Waals surface area contributed by atoms with Crippen molar-refractivity contribution >= 4 is 5.97 Å². The number of ether oxygens (including phenoxy) is 3. The van der Waals surface area contributed by atoms with Gasteiger partial charge in [0.15, 0.2) is 11.5 Å². The zero-order chi connectivity index (χ0) is 13.2. The van der Waals surface area contributed by atoms with Gasteiger partial charge in [-0.1, -0.05) is 12.1 Å². The van der Waals surface area contributed by atoms with Crippen LogP contribution >= 0.6 is 0 Å². The number of benzene rings is 1. The normalized spacial score (nSPS) is 10.3. The van der Waals surface area contributed by atoms with Crippen LogP contribution in [0.4, 0.5) is 0 Å². The Morgan fingerprint density at radius 2 is 1.78 bits per heavy atom. The Morgan fingerprint density at radius 3 is 2.39 bits per heavy atom. The third-order valence-corrected chi connectivity index (χ3v) is 2.02. The third kappa shape index (κ3) is 4.91. The largest absolute Gasteiger partial charge is 0.490 e. The van der Waals surface area contributed by atoms with Crippen LogP contribution in [-0.2, 0) is 9.53 Å². The zero-order valence-corrected chi connectivity index (χ0v) is 10.7. The number of hydrogen-bond donors (Lipinski definition) is 0. The minimum absolute atomic E-state index is 0.295. The summed E-state index contributed by atoms with van der Waals surface area (Å²) in [6, 6.07) is 7.41. The van der Waals surface area contributed by atoms with Gasteiger partial charge in [0, 0.05) is 6.08 Å². The van der Waals surface area contributed by atoms with E-state index in [0.717, 1.165) is 0 Å². The van der Waals surface area contributed by atoms with Gasteiger partial charge in [-0.2, -0.15) is 0 Å². The quantitative estimate of drug-likeness (QED) is 0.551. The fourth-order valence-electron chi connectivity index (χ4n) is 1.32. The molecule has 4 nitrogen and oxygen atoms in total. The molecule has 98 valence electrons. The topological polar surface area (TPSA) is 44.8 Å². The second-order valence-corrected chi connectivity index (χ2v) is 3.35. The van der Waals surface area contributed by atoms with Gasteiger partial charge in [0.25, 0.3) is 0 Å². The summed E-state index contributed by atoms with van der Waals surface area (Å²) in [5, 5.41) is 0. The van der Waals surface area contributed by atoms with Crippen LogP contribution in [0.15, 0.2) is 36.4 Å². The van der Waals surface area contributed by atoms with Gasteiger partial charge < -0.3 is 14.2 Å². The van der Waals surface area contributed by atoms with Crippen molar-refractivity contribution in [2.75, 3.05) is 19.8 Å². The maximum Gasteiger partial charge on any atom is 0.330 e. The molecule has 0 aromatic heterocycles. The van der Waals surface area contributed by atoms with Gasteiger partial charge in [0.05, 0.1) is 13.2 Å². The molecule has 0 amide bonds. The molecule has 0 aliphatic rings. The first-order valence-corrected chi connectivity index (χ1v) is 5.95. The number of carbonyl (C=O) groups excluding carboxylic acids is 1. The van der Waals surface area contributed by atoms with Crippen LogP contribution in [0.5, 0.6) is 11.5 Å². The first-order valence-electron chi connectivity index (χ1n) is 5.95. The highest BCUT2D eigenvalue weighted by atomic mass is 16.5. The number of rotatable bonds is 7. The van der Waals surface area contributed by atoms with Gasteiger partial charge in [-0.3, -0.25) is 0 Å². The van der Waals surface area contributed by atoms with E-state index in [1.54, 1.807) is 13.0 Å². The SMILES string of the molecule is CCOC(=O)/C=C/COc1ccccc1OCC. The van der Waals surface area contributed by atoms with Crippen molar-refractivity contribution in [3.8, 4) is 11.5 Å². The molecule has 0 atom stereocenters. The fourth-order valence-corrected chi connectivity index (χ4v) is 1.32. The number of para-hydroxylation sites is 2. The van der Waals surface area contributed by atoms with Crippen LogP contribution in [0.1, 0.15) is 13.8 Å². The summed E-state index contributed by atoms with van der Waals surface area (Å²) in [5.74, 6) is 0.997. The Balaban J connectivity index is 2.46. The molecule has 0 spiro atoms. The van der Waals surface area contributed by atoms with Gasteiger partial charge in [-0.25, -0.2) is 4.79 Å². The van der Waals surface area contributed by atoms with E-state index >= 15 is 0 Å². The predicted octanol–water partition coefficient (Wildman–Crippen LogP) is 2.58. The molecule has 18 heavy (non-hydrogen) atoms. The van der Waals surface area contributed by atoms with E-state index in [-0.39, 0.29) is 5.97 Å². The molecular formula is C14H18O4. The first-order chi connectivity index (χ1) is 8.77. The van der Waals surface area contributed by atoms with E-state index in [2.05, 4.69) is 0 Å². The molecule has 0 fully saturated rings. The van der Waals surface area contributed by atoms with Gasteiger partial charge in [-0.05, 0) is 32.1 Å². The Labute approximate surface area is 107 Å². The van der Waals surface area contributed by atoms with Crippen LogP contribution in [0, 0.1) is 0 Å². The number of carbonyl (C=O) groups is 1. The maximum absolute atomic E-state index is 11.0. The van der Waals surface area contributed by atoms with Crippen LogP contribution in [0.25, 0.3) is 0 Å². The Morgan fingerprint density at radius 1 is 1.11 bits per heavy atom. The average Bonchev–Trinajstić information content (AvgIpc) is 2.37. The second kappa shape index (κ2) is 8.17. The van der Waals surface area contributed by atoms with Crippen LogP contribution < -0.4 is 9.47 Å². The lowest BCUT2D eigenvalue weighted by molar-refractivity contribution is -0.137. The van der Waals surface area contributed by atoms with Crippen LogP contribution in [0.2, 0.25) is 0 Å². The van der Waals surface area contributed by atoms with Gasteiger partial charge >= 0.3 is 5.97 Å². The minimum atomic E-state index is -0.362. The summed E-state index contributed by atoms with van der Waals surface area (Å²) in [4.78, 5) is 11.0. The lowest BCUT2D eigenvalue weighted by Crippen LogP contribution is -2.02. The fraction of sp³-hybridized carbons (Fsp3) is 0.357. The summed E-state index contributed by atoms with van der Waals surface area (Å²) < 4.78 is 15.7. The second-order valence-electron chi connectivity index (χ2n) is 3.35. The highest BCUT2D eigenvalue weighted by molar-refractivity contribution is 5.81. The van der Waals surface area contributed by atoms with Crippen LogP contribution in [0.3, 0.4) is 0 Å². The molecular weight excluding hydrogens is 232 g/mol. The van der Waals surface area contributed by atoms with E-state index in [4.69, 9.17) is 14.2 Å². The zero-order valence-electron chi connectivity index (χ0n) is 10.7. The maximum atomic E-state index is 11.0. The van der Waals surface area contributed by atoms with Gasteiger partial charge in [-0.15, -0.1) is 0 Å². The Hall–Kier alpha value is -1.97. The molecule has 1 rings (SSSR count). The standard InChI is InChI=1S/C14H18O4/c1-3-16-12-8-5-6-9-13(12)18-11-7-10-14(15)17-4-2/h5-10H,3-4,11H2,1-2H3/b10-7+. The lowest BCUT2D eigenvalue weighted by atomic mass is 10.3. The summed E-state index contributed by atoms with van der Waals surface area (Å²) in [6.45, 7) is 4.93. The molecule has 0 aliphatic carbocycles. The van der Waals surface area contributed by atoms with Crippen molar-refractivity contribution in [1.82, 2.24) is 0 Å². The van der Waals surface area contributed by atoms with Crippen molar-refractivity contribution in [3.63, 3.8) is 0 Å². The molecule has 0 bridgehead atoms. The molecule has 0 aliphatic heterocycles. The van der Waals surface area contributed by atoms with E-state index in [1.165, 1.54) is 6.08 Å². The molecule has 1 aromatic rings. The first kappa shape index (κ1) is 14.1. The smallest absolute Gasteiger partial charge is 0.330 e. The molecule has 1 aromatic carbocycles. The van der Waals surface area contributed by atoms with E-state index < -0.39 is 0 Å². The average molecular weight is 250 g/mol. The summed E-state index contributed by atoms with van der Waals surface area (Å²) >= 11 is 0. The Kier molecular flexibility index (Phi) is 6.40. The Bertz CT molecular complexity index is 399. The molecule has 0 saturated heterocycles.